The van der Waals surface area contributed by atoms with Crippen molar-refractivity contribution in [2.45, 2.75) is 5.92 Å². The lowest BCUT2D eigenvalue weighted by atomic mass is 9.83. The predicted molar refractivity (Wildman–Crippen MR) is 113 cm³/mol. The SMILES string of the molecule is COc1ccc(-c2[nH]nc3c2[C@@H](c2ccc(Cl)cc2Cl)C(C#N)=C(N)O3)cc1OC. The maximum Gasteiger partial charge on any atom is 0.244 e. The molecule has 1 atom stereocenters. The summed E-state index contributed by atoms with van der Waals surface area (Å²) in [5.74, 6) is 0.792. The van der Waals surface area contributed by atoms with Crippen LogP contribution in [0, 0.1) is 11.3 Å². The maximum atomic E-state index is 9.81. The molecule has 152 valence electrons. The van der Waals surface area contributed by atoms with E-state index in [4.69, 9.17) is 43.1 Å². The van der Waals surface area contributed by atoms with Gasteiger partial charge in [-0.1, -0.05) is 29.3 Å². The standard InChI is InChI=1S/C21H16Cl2N4O3/c1-28-15-6-3-10(7-16(15)29-2)19-18-17(12-5-4-11(22)8-14(12)23)13(9-24)20(25)30-21(18)27-26-19/h3-8,17H,25H2,1-2H3,(H,26,27)/t17-/m0/s1. The van der Waals surface area contributed by atoms with Gasteiger partial charge in [0.25, 0.3) is 0 Å². The number of hydrogen-bond acceptors (Lipinski definition) is 6. The molecular weight excluding hydrogens is 427 g/mol. The second kappa shape index (κ2) is 7.82. The van der Waals surface area contributed by atoms with E-state index in [0.717, 1.165) is 5.56 Å². The van der Waals surface area contributed by atoms with Crippen LogP contribution in [0.4, 0.5) is 0 Å². The number of halogens is 2. The lowest BCUT2D eigenvalue weighted by Gasteiger charge is -2.25. The molecule has 3 N–H and O–H groups in total. The number of nitrogens with one attached hydrogen (secondary N) is 1. The lowest BCUT2D eigenvalue weighted by Crippen LogP contribution is -2.21. The van der Waals surface area contributed by atoms with Gasteiger partial charge in [0.15, 0.2) is 11.5 Å². The lowest BCUT2D eigenvalue weighted by molar-refractivity contribution is 0.355. The number of benzene rings is 2. The molecule has 7 nitrogen and oxygen atoms in total. The third-order valence-corrected chi connectivity index (χ3v) is 5.45. The molecule has 1 aliphatic heterocycles. The van der Waals surface area contributed by atoms with Crippen molar-refractivity contribution in [3.8, 4) is 34.7 Å². The van der Waals surface area contributed by atoms with Gasteiger partial charge in [0.2, 0.25) is 11.8 Å². The average Bonchev–Trinajstić information content (AvgIpc) is 3.16. The van der Waals surface area contributed by atoms with E-state index in [1.165, 1.54) is 0 Å². The zero-order valence-electron chi connectivity index (χ0n) is 16.0. The smallest absolute Gasteiger partial charge is 0.244 e. The highest BCUT2D eigenvalue weighted by Gasteiger charge is 2.36. The van der Waals surface area contributed by atoms with Crippen LogP contribution in [0.5, 0.6) is 17.4 Å². The summed E-state index contributed by atoms with van der Waals surface area (Å²) in [6, 6.07) is 12.7. The van der Waals surface area contributed by atoms with Crippen molar-refractivity contribution in [3.05, 3.63) is 69.0 Å². The summed E-state index contributed by atoms with van der Waals surface area (Å²) in [5.41, 5.74) is 8.95. The van der Waals surface area contributed by atoms with E-state index in [1.807, 2.05) is 6.07 Å². The minimum atomic E-state index is -0.592. The van der Waals surface area contributed by atoms with Crippen molar-refractivity contribution >= 4 is 23.2 Å². The molecule has 9 heteroatoms. The highest BCUT2D eigenvalue weighted by Crippen LogP contribution is 2.48. The topological polar surface area (TPSA) is 106 Å². The first kappa shape index (κ1) is 20.0. The Bertz CT molecular complexity index is 1210. The number of fused-ring (bicyclic) bond motifs is 1. The molecule has 1 aliphatic rings. The van der Waals surface area contributed by atoms with E-state index >= 15 is 0 Å². The Balaban J connectivity index is 1.95. The molecule has 4 rings (SSSR count). The first-order valence-electron chi connectivity index (χ1n) is 8.81. The summed E-state index contributed by atoms with van der Waals surface area (Å²) in [7, 11) is 3.12. The minimum Gasteiger partial charge on any atom is -0.493 e. The van der Waals surface area contributed by atoms with Gasteiger partial charge in [-0.25, -0.2) is 0 Å². The van der Waals surface area contributed by atoms with Crippen molar-refractivity contribution < 1.29 is 14.2 Å². The van der Waals surface area contributed by atoms with Gasteiger partial charge in [-0.2, -0.15) is 5.26 Å². The van der Waals surface area contributed by atoms with Crippen molar-refractivity contribution in [2.75, 3.05) is 14.2 Å². The third kappa shape index (κ3) is 3.20. The van der Waals surface area contributed by atoms with Crippen LogP contribution in [-0.4, -0.2) is 24.4 Å². The van der Waals surface area contributed by atoms with Crippen molar-refractivity contribution in [1.29, 1.82) is 5.26 Å². The Morgan fingerprint density at radius 2 is 1.90 bits per heavy atom. The fourth-order valence-electron chi connectivity index (χ4n) is 3.50. The molecule has 0 aliphatic carbocycles. The first-order valence-corrected chi connectivity index (χ1v) is 9.57. The summed E-state index contributed by atoms with van der Waals surface area (Å²) in [6.45, 7) is 0. The Morgan fingerprint density at radius 3 is 2.57 bits per heavy atom. The van der Waals surface area contributed by atoms with Crippen LogP contribution in [0.15, 0.2) is 47.9 Å². The molecule has 1 aromatic heterocycles. The normalized spacial score (nSPS) is 15.2. The Labute approximate surface area is 182 Å². The van der Waals surface area contributed by atoms with Gasteiger partial charge in [-0.15, -0.1) is 5.10 Å². The molecule has 0 amide bonds. The summed E-state index contributed by atoms with van der Waals surface area (Å²) >= 11 is 12.6. The van der Waals surface area contributed by atoms with E-state index in [1.54, 1.807) is 44.6 Å². The van der Waals surface area contributed by atoms with Crippen LogP contribution in [0.25, 0.3) is 11.3 Å². The number of aromatic nitrogens is 2. The molecule has 0 saturated carbocycles. The van der Waals surface area contributed by atoms with Crippen molar-refractivity contribution in [2.24, 2.45) is 5.73 Å². The quantitative estimate of drug-likeness (QED) is 0.610. The molecule has 0 radical (unpaired) electrons. The Kier molecular flexibility index (Phi) is 5.20. The first-order chi connectivity index (χ1) is 14.5. The van der Waals surface area contributed by atoms with Gasteiger partial charge in [0, 0.05) is 15.6 Å². The van der Waals surface area contributed by atoms with Crippen molar-refractivity contribution in [3.63, 3.8) is 0 Å². The monoisotopic (exact) mass is 442 g/mol. The predicted octanol–water partition coefficient (Wildman–Crippen LogP) is 4.62. The number of ether oxygens (including phenoxy) is 3. The van der Waals surface area contributed by atoms with E-state index in [2.05, 4.69) is 16.3 Å². The van der Waals surface area contributed by atoms with E-state index in [9.17, 15) is 5.26 Å². The number of rotatable bonds is 4. The molecule has 2 aromatic carbocycles. The number of allylic oxidation sites excluding steroid dienone is 1. The van der Waals surface area contributed by atoms with Gasteiger partial charge in [-0.05, 0) is 35.9 Å². The van der Waals surface area contributed by atoms with Gasteiger partial charge >= 0.3 is 0 Å². The summed E-state index contributed by atoms with van der Waals surface area (Å²) in [4.78, 5) is 0. The molecular formula is C21H16Cl2N4O3. The molecule has 2 heterocycles. The Morgan fingerprint density at radius 1 is 1.13 bits per heavy atom. The number of aromatic amines is 1. The highest BCUT2D eigenvalue weighted by atomic mass is 35.5. The highest BCUT2D eigenvalue weighted by molar-refractivity contribution is 6.35. The van der Waals surface area contributed by atoms with Gasteiger partial charge in [0.1, 0.15) is 11.6 Å². The largest absolute Gasteiger partial charge is 0.493 e. The number of nitrogens with two attached hydrogens (primary N) is 1. The second-order valence-corrected chi connectivity index (χ2v) is 7.32. The third-order valence-electron chi connectivity index (χ3n) is 4.88. The van der Waals surface area contributed by atoms with Crippen molar-refractivity contribution in [1.82, 2.24) is 10.2 Å². The molecule has 0 saturated heterocycles. The number of hydrogen-bond donors (Lipinski definition) is 2. The molecule has 0 bridgehead atoms. The van der Waals surface area contributed by atoms with Crippen LogP contribution in [0.3, 0.4) is 0 Å². The number of methoxy groups -OCH3 is 2. The summed E-state index contributed by atoms with van der Waals surface area (Å²) in [5, 5.41) is 17.9. The zero-order valence-corrected chi connectivity index (χ0v) is 17.5. The second-order valence-electron chi connectivity index (χ2n) is 6.48. The number of nitrogens with zero attached hydrogens (tertiary/aromatic N) is 2. The van der Waals surface area contributed by atoms with E-state index in [0.29, 0.717) is 38.4 Å². The Hall–Kier alpha value is -3.34. The minimum absolute atomic E-state index is 0.0219. The summed E-state index contributed by atoms with van der Waals surface area (Å²) < 4.78 is 16.4. The molecule has 30 heavy (non-hydrogen) atoms. The number of H-pyrrole nitrogens is 1. The average molecular weight is 443 g/mol. The van der Waals surface area contributed by atoms with E-state index in [-0.39, 0.29) is 17.3 Å². The fraction of sp³-hybridized carbons (Fsp3) is 0.143. The van der Waals surface area contributed by atoms with Crippen LogP contribution in [0.2, 0.25) is 10.0 Å². The fourth-order valence-corrected chi connectivity index (χ4v) is 4.02. The molecule has 0 spiro atoms. The molecule has 3 aromatic rings. The van der Waals surface area contributed by atoms with Crippen LogP contribution >= 0.6 is 23.2 Å². The van der Waals surface area contributed by atoms with E-state index < -0.39 is 5.92 Å². The van der Waals surface area contributed by atoms with Gasteiger partial charge in [-0.3, -0.25) is 5.10 Å². The maximum absolute atomic E-state index is 9.81. The van der Waals surface area contributed by atoms with Crippen LogP contribution in [0.1, 0.15) is 17.0 Å². The van der Waals surface area contributed by atoms with Crippen LogP contribution < -0.4 is 19.9 Å². The summed E-state index contributed by atoms with van der Waals surface area (Å²) in [6.07, 6.45) is 0. The van der Waals surface area contributed by atoms with Crippen LogP contribution in [-0.2, 0) is 0 Å². The molecule has 0 unspecified atom stereocenters. The molecule has 0 fully saturated rings. The van der Waals surface area contributed by atoms with Gasteiger partial charge < -0.3 is 19.9 Å². The van der Waals surface area contributed by atoms with Gasteiger partial charge in [0.05, 0.1) is 31.4 Å². The zero-order chi connectivity index (χ0) is 21.4. The number of nitriles is 1.